The summed E-state index contributed by atoms with van der Waals surface area (Å²) in [6.45, 7) is 20.2. The molecule has 0 radical (unpaired) electrons. The van der Waals surface area contributed by atoms with E-state index >= 15 is 13.2 Å². The van der Waals surface area contributed by atoms with Gasteiger partial charge in [0.2, 0.25) is 0 Å². The van der Waals surface area contributed by atoms with E-state index in [1.54, 1.807) is 4.90 Å². The molecule has 1 amide bonds. The van der Waals surface area contributed by atoms with Gasteiger partial charge in [-0.05, 0) is 118 Å². The molecule has 0 saturated carbocycles. The van der Waals surface area contributed by atoms with Crippen molar-refractivity contribution in [1.29, 1.82) is 0 Å². The molecule has 16 nitrogen and oxygen atoms in total. The fourth-order valence-electron chi connectivity index (χ4n) is 13.2. The zero-order chi connectivity index (χ0) is 62.9. The van der Waals surface area contributed by atoms with Crippen LogP contribution in [0.4, 0.5) is 45.1 Å². The predicted molar refractivity (Wildman–Crippen MR) is 337 cm³/mol. The summed E-state index contributed by atoms with van der Waals surface area (Å²) in [4.78, 5) is 61.9. The number of aromatic nitrogens is 4. The number of nitrogens with zero attached hydrogens (tertiary/aromatic N) is 9. The molecule has 4 aromatic heterocycles. The molecule has 2 saturated heterocycles. The number of aromatic hydroxyl groups is 1. The summed E-state index contributed by atoms with van der Waals surface area (Å²) >= 11 is 0. The van der Waals surface area contributed by atoms with Gasteiger partial charge in [-0.25, -0.2) is 32.3 Å². The average Bonchev–Trinajstić information content (AvgIpc) is 0.760. The highest BCUT2D eigenvalue weighted by Gasteiger charge is 2.44. The Labute approximate surface area is 509 Å². The number of pyridine rings is 4. The summed E-state index contributed by atoms with van der Waals surface area (Å²) in [5.74, 6) is -2.88. The van der Waals surface area contributed by atoms with E-state index in [4.69, 9.17) is 19.2 Å². The third-order valence-electron chi connectivity index (χ3n) is 17.2. The number of carbonyl (C=O) groups excluding carboxylic acids is 1. The molecule has 1 N–H and O–H groups in total. The van der Waals surface area contributed by atoms with Crippen LogP contribution in [-0.2, 0) is 9.47 Å². The number of anilines is 4. The second kappa shape index (κ2) is 23.8. The molecule has 4 aromatic carbocycles. The van der Waals surface area contributed by atoms with Gasteiger partial charge in [-0.1, -0.05) is 83.1 Å². The normalized spacial score (nSPS) is 18.3. The molecule has 2 fully saturated rings. The number of phenolic OH excluding ortho intramolecular Hbond substituents is 1. The largest absolute Gasteiger partial charge is 0.507 e. The summed E-state index contributed by atoms with van der Waals surface area (Å²) in [5.41, 5.74) is 3.19. The lowest BCUT2D eigenvalue weighted by Gasteiger charge is -2.51. The van der Waals surface area contributed by atoms with Gasteiger partial charge in [0.25, 0.3) is 11.1 Å². The Balaban J connectivity index is 0.000000186. The number of piperazine rings is 1. The lowest BCUT2D eigenvalue weighted by molar-refractivity contribution is 0.0125. The van der Waals surface area contributed by atoms with Crippen LogP contribution < -0.4 is 35.5 Å². The molecule has 12 rings (SSSR count). The van der Waals surface area contributed by atoms with Crippen molar-refractivity contribution >= 4 is 50.9 Å². The van der Waals surface area contributed by atoms with Crippen molar-refractivity contribution in [2.24, 2.45) is 5.92 Å². The van der Waals surface area contributed by atoms with E-state index < -0.39 is 40.7 Å². The number of rotatable bonds is 9. The summed E-state index contributed by atoms with van der Waals surface area (Å²) in [6.07, 6.45) is 1.65. The van der Waals surface area contributed by atoms with E-state index in [0.717, 1.165) is 36.6 Å². The number of hydrogen-bond donors (Lipinski definition) is 1. The molecule has 4 aliphatic rings. The minimum Gasteiger partial charge on any atom is -0.507 e. The first-order valence-electron chi connectivity index (χ1n) is 30.0. The molecular weight excluding hydrogens is 1130 g/mol. The highest BCUT2D eigenvalue weighted by Crippen LogP contribution is 2.47. The maximum Gasteiger partial charge on any atom is 0.410 e. The van der Waals surface area contributed by atoms with E-state index in [0.29, 0.717) is 77.0 Å². The molecule has 88 heavy (non-hydrogen) atoms. The lowest BCUT2D eigenvalue weighted by Crippen LogP contribution is -2.64. The Morgan fingerprint density at radius 2 is 1.12 bits per heavy atom. The zero-order valence-corrected chi connectivity index (χ0v) is 51.8. The van der Waals surface area contributed by atoms with Crippen molar-refractivity contribution in [2.45, 2.75) is 111 Å². The Bertz CT molecular complexity index is 4150. The number of halogens is 4. The Morgan fingerprint density at radius 1 is 0.625 bits per heavy atom. The number of methoxy groups -OCH3 is 1. The predicted octanol–water partition coefficient (Wildman–Crippen LogP) is 12.9. The number of carbonyl (C=O) groups is 1. The number of piperidine rings is 1. The van der Waals surface area contributed by atoms with Crippen LogP contribution in [0.15, 0.2) is 107 Å². The monoisotopic (exact) mass is 1210 g/mol. The second-order valence-corrected chi connectivity index (χ2v) is 25.3. The number of para-hydroxylation sites is 2. The van der Waals surface area contributed by atoms with Crippen molar-refractivity contribution in [3.05, 3.63) is 152 Å². The second-order valence-electron chi connectivity index (χ2n) is 25.3. The number of likely N-dealkylation sites (N-methyl/N-ethyl adjacent to an activating group) is 2. The minimum atomic E-state index is -0.792. The number of phenols is 1. The van der Waals surface area contributed by atoms with Gasteiger partial charge in [-0.15, -0.1) is 0 Å². The Kier molecular flexibility index (Phi) is 16.5. The summed E-state index contributed by atoms with van der Waals surface area (Å²) < 4.78 is 82.3. The van der Waals surface area contributed by atoms with E-state index in [1.807, 2.05) is 128 Å². The first kappa shape index (κ1) is 61.0. The minimum absolute atomic E-state index is 0.0404. The van der Waals surface area contributed by atoms with E-state index in [1.165, 1.54) is 58.7 Å². The standard InChI is InChI=1S/C37H43F2N5O5.C31H32F2N4O2/c1-21(2)24-12-9-10-14-28(24)44-34-25(16-27(39)31(40-34)30-26(38)13-11-15-29(30)48-20-47-8)32-33(35(44)45)41(7)18-23-19-42(22(3)17-43(23)32)36(46)49-37(4,5)6;1-17(2)20-8-5-6-10-24(20)37-30-21(14-23(33)27(34-30)26-22(32)9-7-11-25(26)38)28-29(31(37)39)35(4)16-19-13-12-18(3)15-36(19)28/h9-16,21-23H,17-20H2,1-8H3;5-11,14,17-19,38H,12-13,15-16H2,1-4H3/t22-,23+;18-,19+/m10/s1. The Hall–Kier alpha value is -8.65. The molecule has 0 spiro atoms. The van der Waals surface area contributed by atoms with Crippen LogP contribution in [0, 0.1) is 29.2 Å². The molecule has 4 atom stereocenters. The number of ether oxygens (including phenoxy) is 3. The van der Waals surface area contributed by atoms with E-state index in [-0.39, 0.29) is 87.4 Å². The van der Waals surface area contributed by atoms with E-state index in [9.17, 15) is 23.9 Å². The van der Waals surface area contributed by atoms with Gasteiger partial charge in [0.15, 0.2) is 29.7 Å². The lowest BCUT2D eigenvalue weighted by atomic mass is 9.90. The van der Waals surface area contributed by atoms with Crippen LogP contribution in [0.1, 0.15) is 98.1 Å². The summed E-state index contributed by atoms with van der Waals surface area (Å²) in [7, 11) is 5.17. The molecule has 8 heterocycles. The third kappa shape index (κ3) is 10.9. The molecule has 0 aliphatic carbocycles. The third-order valence-corrected chi connectivity index (χ3v) is 17.2. The van der Waals surface area contributed by atoms with Crippen molar-refractivity contribution < 1.29 is 41.7 Å². The maximum absolute atomic E-state index is 16.5. The molecular formula is C68H75F4N9O7. The van der Waals surface area contributed by atoms with Crippen LogP contribution >= 0.6 is 0 Å². The van der Waals surface area contributed by atoms with Gasteiger partial charge in [0.05, 0.1) is 39.9 Å². The summed E-state index contributed by atoms with van der Waals surface area (Å²) in [5, 5.41) is 11.4. The highest BCUT2D eigenvalue weighted by molar-refractivity contribution is 6.02. The molecule has 4 aliphatic heterocycles. The van der Waals surface area contributed by atoms with E-state index in [2.05, 4.69) is 21.7 Å². The fourth-order valence-corrected chi connectivity index (χ4v) is 13.2. The van der Waals surface area contributed by atoms with Crippen LogP contribution in [0.2, 0.25) is 0 Å². The Morgan fingerprint density at radius 3 is 1.65 bits per heavy atom. The molecule has 462 valence electrons. The number of benzene rings is 4. The van der Waals surface area contributed by atoms with Crippen LogP contribution in [0.5, 0.6) is 11.5 Å². The molecule has 0 bridgehead atoms. The summed E-state index contributed by atoms with van der Waals surface area (Å²) in [6, 6.07) is 25.5. The van der Waals surface area contributed by atoms with Crippen molar-refractivity contribution in [3.63, 3.8) is 0 Å². The molecule has 8 aromatic rings. The van der Waals surface area contributed by atoms with Gasteiger partial charge < -0.3 is 43.8 Å². The first-order chi connectivity index (χ1) is 41.9. The number of hydrogen-bond acceptors (Lipinski definition) is 13. The fraction of sp³-hybridized carbons (Fsp3) is 0.397. The number of amides is 1. The van der Waals surface area contributed by atoms with Crippen molar-refractivity contribution in [1.82, 2.24) is 24.0 Å². The van der Waals surface area contributed by atoms with Gasteiger partial charge in [-0.3, -0.25) is 18.7 Å². The van der Waals surface area contributed by atoms with Gasteiger partial charge in [0.1, 0.15) is 51.5 Å². The molecule has 20 heteroatoms. The molecule has 0 unspecified atom stereocenters. The number of fused-ring (bicyclic) bond motifs is 10. The maximum atomic E-state index is 16.5. The van der Waals surface area contributed by atoms with Crippen molar-refractivity contribution in [2.75, 3.05) is 80.3 Å². The van der Waals surface area contributed by atoms with Crippen molar-refractivity contribution in [3.8, 4) is 45.4 Å². The first-order valence-corrected chi connectivity index (χ1v) is 30.0. The van der Waals surface area contributed by atoms with Crippen LogP contribution in [-0.4, -0.2) is 120 Å². The van der Waals surface area contributed by atoms with Crippen LogP contribution in [0.25, 0.3) is 56.0 Å². The quantitative estimate of drug-likeness (QED) is 0.108. The van der Waals surface area contributed by atoms with Gasteiger partial charge in [0, 0.05) is 76.8 Å². The van der Waals surface area contributed by atoms with Gasteiger partial charge >= 0.3 is 6.09 Å². The SMILES string of the molecule is CC(C)c1ccccc1-n1c(=O)c2c(c3cc(F)c(-c4c(O)cccc4F)nc31)N1C[C@@H](C)CC[C@@H]1CN2C.COCOc1cccc(F)c1-c1nc2c(cc1F)c1c(c(=O)n2-c2ccccc2C(C)C)N(C)C[C@H]2CN(C(=O)OC(C)(C)C)[C@H](C)CN12. The smallest absolute Gasteiger partial charge is 0.410 e. The highest BCUT2D eigenvalue weighted by atomic mass is 19.1. The average molecular weight is 1210 g/mol. The topological polar surface area (TPSA) is 151 Å². The van der Waals surface area contributed by atoms with Gasteiger partial charge in [-0.2, -0.15) is 0 Å². The zero-order valence-electron chi connectivity index (χ0n) is 51.8. The van der Waals surface area contributed by atoms with Crippen LogP contribution in [0.3, 0.4) is 0 Å².